The lowest BCUT2D eigenvalue weighted by Crippen LogP contribution is -2.15. The van der Waals surface area contributed by atoms with Crippen LogP contribution in [0.3, 0.4) is 0 Å². The Labute approximate surface area is 133 Å². The first kappa shape index (κ1) is 15.2. The molecule has 0 radical (unpaired) electrons. The lowest BCUT2D eigenvalue weighted by Gasteiger charge is -2.10. The van der Waals surface area contributed by atoms with Crippen molar-refractivity contribution in [3.05, 3.63) is 52.8 Å². The van der Waals surface area contributed by atoms with E-state index in [4.69, 9.17) is 0 Å². The molecular formula is C17H18N4O2. The van der Waals surface area contributed by atoms with E-state index in [0.717, 1.165) is 33.4 Å². The van der Waals surface area contributed by atoms with Gasteiger partial charge in [0.25, 0.3) is 0 Å². The van der Waals surface area contributed by atoms with Crippen LogP contribution < -0.4 is 5.32 Å². The predicted octanol–water partition coefficient (Wildman–Crippen LogP) is 2.25. The van der Waals surface area contributed by atoms with Crippen molar-refractivity contribution in [2.45, 2.75) is 26.9 Å². The molecule has 3 rings (SSSR count). The molecular weight excluding hydrogens is 292 g/mol. The SMILES string of the molecule is Cc1cc(CO)c2cccc(CC(=O)Nc3cc(C)[nH]n3)c2n1. The zero-order valence-electron chi connectivity index (χ0n) is 13.1. The minimum atomic E-state index is -0.155. The van der Waals surface area contributed by atoms with Gasteiger partial charge in [0.15, 0.2) is 5.82 Å². The maximum atomic E-state index is 12.2. The molecule has 118 valence electrons. The van der Waals surface area contributed by atoms with Crippen molar-refractivity contribution < 1.29 is 9.90 Å². The van der Waals surface area contributed by atoms with Gasteiger partial charge in [-0.15, -0.1) is 0 Å². The summed E-state index contributed by atoms with van der Waals surface area (Å²) in [5, 5.41) is 19.9. The number of para-hydroxylation sites is 1. The maximum absolute atomic E-state index is 12.2. The minimum Gasteiger partial charge on any atom is -0.392 e. The summed E-state index contributed by atoms with van der Waals surface area (Å²) >= 11 is 0. The number of nitrogens with one attached hydrogen (secondary N) is 2. The van der Waals surface area contributed by atoms with Gasteiger partial charge in [-0.3, -0.25) is 14.9 Å². The number of aliphatic hydroxyl groups is 1. The Morgan fingerprint density at radius 3 is 2.78 bits per heavy atom. The van der Waals surface area contributed by atoms with Crippen LogP contribution in [0.2, 0.25) is 0 Å². The number of anilines is 1. The lowest BCUT2D eigenvalue weighted by molar-refractivity contribution is -0.115. The number of hydrogen-bond acceptors (Lipinski definition) is 4. The molecule has 0 aliphatic rings. The number of aromatic nitrogens is 3. The van der Waals surface area contributed by atoms with Gasteiger partial charge in [-0.2, -0.15) is 5.10 Å². The van der Waals surface area contributed by atoms with E-state index in [-0.39, 0.29) is 18.9 Å². The second-order valence-electron chi connectivity index (χ2n) is 5.56. The summed E-state index contributed by atoms with van der Waals surface area (Å²) < 4.78 is 0. The molecule has 0 saturated carbocycles. The van der Waals surface area contributed by atoms with E-state index >= 15 is 0 Å². The third-order valence-corrected chi connectivity index (χ3v) is 3.63. The average Bonchev–Trinajstić information content (AvgIpc) is 2.92. The van der Waals surface area contributed by atoms with Crippen LogP contribution in [0.25, 0.3) is 10.9 Å². The summed E-state index contributed by atoms with van der Waals surface area (Å²) in [5.74, 6) is 0.353. The fraction of sp³-hybridized carbons (Fsp3) is 0.235. The lowest BCUT2D eigenvalue weighted by atomic mass is 10.0. The summed E-state index contributed by atoms with van der Waals surface area (Å²) in [4.78, 5) is 16.8. The summed E-state index contributed by atoms with van der Waals surface area (Å²) in [7, 11) is 0. The molecule has 1 amide bonds. The second kappa shape index (κ2) is 6.18. The molecule has 0 atom stereocenters. The topological polar surface area (TPSA) is 90.9 Å². The fourth-order valence-electron chi connectivity index (χ4n) is 2.64. The maximum Gasteiger partial charge on any atom is 0.230 e. The molecule has 6 nitrogen and oxygen atoms in total. The number of rotatable bonds is 4. The molecule has 0 saturated heterocycles. The van der Waals surface area contributed by atoms with Gasteiger partial charge >= 0.3 is 0 Å². The number of aliphatic hydroxyl groups excluding tert-OH is 1. The highest BCUT2D eigenvalue weighted by Crippen LogP contribution is 2.22. The van der Waals surface area contributed by atoms with Crippen LogP contribution in [-0.4, -0.2) is 26.2 Å². The van der Waals surface area contributed by atoms with Gasteiger partial charge < -0.3 is 10.4 Å². The van der Waals surface area contributed by atoms with Crippen LogP contribution in [0.15, 0.2) is 30.3 Å². The van der Waals surface area contributed by atoms with Crippen molar-refractivity contribution >= 4 is 22.6 Å². The molecule has 0 aliphatic heterocycles. The molecule has 3 N–H and O–H groups in total. The van der Waals surface area contributed by atoms with Crippen LogP contribution >= 0.6 is 0 Å². The van der Waals surface area contributed by atoms with Gasteiger partial charge in [0.1, 0.15) is 0 Å². The van der Waals surface area contributed by atoms with Crippen molar-refractivity contribution in [3.8, 4) is 0 Å². The van der Waals surface area contributed by atoms with Crippen LogP contribution in [0.4, 0.5) is 5.82 Å². The van der Waals surface area contributed by atoms with E-state index in [0.29, 0.717) is 5.82 Å². The van der Waals surface area contributed by atoms with Crippen molar-refractivity contribution in [2.24, 2.45) is 0 Å². The largest absolute Gasteiger partial charge is 0.392 e. The average molecular weight is 310 g/mol. The number of carbonyl (C=O) groups excluding carboxylic acids is 1. The van der Waals surface area contributed by atoms with Gasteiger partial charge in [-0.25, -0.2) is 0 Å². The summed E-state index contributed by atoms with van der Waals surface area (Å²) in [6.07, 6.45) is 0.199. The molecule has 1 aromatic carbocycles. The molecule has 0 aliphatic carbocycles. The van der Waals surface area contributed by atoms with Crippen molar-refractivity contribution in [1.82, 2.24) is 15.2 Å². The highest BCUT2D eigenvalue weighted by molar-refractivity contribution is 5.95. The first-order valence-electron chi connectivity index (χ1n) is 7.37. The molecule has 0 fully saturated rings. The number of amides is 1. The number of fused-ring (bicyclic) bond motifs is 1. The van der Waals surface area contributed by atoms with Crippen LogP contribution in [0, 0.1) is 13.8 Å². The number of hydrogen-bond donors (Lipinski definition) is 3. The number of H-pyrrole nitrogens is 1. The van der Waals surface area contributed by atoms with Crippen molar-refractivity contribution in [3.63, 3.8) is 0 Å². The van der Waals surface area contributed by atoms with Gasteiger partial charge in [0.05, 0.1) is 18.5 Å². The van der Waals surface area contributed by atoms with Crippen molar-refractivity contribution in [1.29, 1.82) is 0 Å². The zero-order chi connectivity index (χ0) is 16.4. The minimum absolute atomic E-state index is 0.0535. The Kier molecular flexibility index (Phi) is 4.08. The number of carbonyl (C=O) groups is 1. The molecule has 6 heteroatoms. The number of pyridine rings is 1. The van der Waals surface area contributed by atoms with Gasteiger partial charge in [0, 0.05) is 22.8 Å². The van der Waals surface area contributed by atoms with E-state index in [1.807, 2.05) is 38.1 Å². The Morgan fingerprint density at radius 1 is 1.26 bits per heavy atom. The number of aryl methyl sites for hydroxylation is 2. The molecule has 3 aromatic rings. The van der Waals surface area contributed by atoms with Crippen LogP contribution in [0.5, 0.6) is 0 Å². The highest BCUT2D eigenvalue weighted by atomic mass is 16.3. The van der Waals surface area contributed by atoms with Gasteiger partial charge in [0.2, 0.25) is 5.91 Å². The fourth-order valence-corrected chi connectivity index (χ4v) is 2.64. The normalized spacial score (nSPS) is 10.9. The monoisotopic (exact) mass is 310 g/mol. The van der Waals surface area contributed by atoms with Gasteiger partial charge in [-0.1, -0.05) is 18.2 Å². The third-order valence-electron chi connectivity index (χ3n) is 3.63. The van der Waals surface area contributed by atoms with E-state index in [1.54, 1.807) is 6.07 Å². The van der Waals surface area contributed by atoms with E-state index < -0.39 is 0 Å². The number of benzene rings is 1. The smallest absolute Gasteiger partial charge is 0.230 e. The first-order chi connectivity index (χ1) is 11.1. The Hall–Kier alpha value is -2.73. The van der Waals surface area contributed by atoms with Crippen LogP contribution in [-0.2, 0) is 17.8 Å². The summed E-state index contributed by atoms with van der Waals surface area (Å²) in [6.45, 7) is 3.69. The van der Waals surface area contributed by atoms with E-state index in [2.05, 4.69) is 20.5 Å². The number of nitrogens with zero attached hydrogens (tertiary/aromatic N) is 2. The quantitative estimate of drug-likeness (QED) is 0.689. The Morgan fingerprint density at radius 2 is 2.09 bits per heavy atom. The Bertz CT molecular complexity index is 870. The highest BCUT2D eigenvalue weighted by Gasteiger charge is 2.12. The molecule has 0 unspecified atom stereocenters. The van der Waals surface area contributed by atoms with Crippen molar-refractivity contribution in [2.75, 3.05) is 5.32 Å². The molecule has 0 spiro atoms. The first-order valence-corrected chi connectivity index (χ1v) is 7.37. The molecule has 2 heterocycles. The predicted molar refractivity (Wildman–Crippen MR) is 88.1 cm³/mol. The standard InChI is InChI=1S/C17H18N4O2/c1-10-6-13(9-22)14-5-3-4-12(17(14)18-10)8-16(23)19-15-7-11(2)20-21-15/h3-7,22H,8-9H2,1-2H3,(H2,19,20,21,23). The van der Waals surface area contributed by atoms with Crippen LogP contribution in [0.1, 0.15) is 22.5 Å². The number of aromatic amines is 1. The summed E-state index contributed by atoms with van der Waals surface area (Å²) in [5.41, 5.74) is 4.10. The van der Waals surface area contributed by atoms with Gasteiger partial charge in [-0.05, 0) is 31.0 Å². The Balaban J connectivity index is 1.90. The summed E-state index contributed by atoms with van der Waals surface area (Å²) in [6, 6.07) is 9.29. The molecule has 2 aromatic heterocycles. The second-order valence-corrected chi connectivity index (χ2v) is 5.56. The molecule has 0 bridgehead atoms. The third kappa shape index (κ3) is 3.22. The van der Waals surface area contributed by atoms with E-state index in [1.165, 1.54) is 0 Å². The van der Waals surface area contributed by atoms with E-state index in [9.17, 15) is 9.90 Å². The zero-order valence-corrected chi connectivity index (χ0v) is 13.1. The molecule has 23 heavy (non-hydrogen) atoms.